The third-order valence-electron chi connectivity index (χ3n) is 0. The molecule has 0 aliphatic carbocycles. The third-order valence-corrected chi connectivity index (χ3v) is 0. The van der Waals surface area contributed by atoms with E-state index in [4.69, 9.17) is 0 Å². The van der Waals surface area contributed by atoms with Gasteiger partial charge < -0.3 is 27.4 Å². The van der Waals surface area contributed by atoms with Gasteiger partial charge in [-0.25, -0.2) is 0 Å². The van der Waals surface area contributed by atoms with E-state index in [-0.39, 0.29) is 171 Å². The topological polar surface area (TPSA) is 142 Å². The largest absolute Gasteiger partial charge is 5.00 e. The molecule has 58 valence electrons. The van der Waals surface area contributed by atoms with Gasteiger partial charge in [0.25, 0.3) is 0 Å². The maximum atomic E-state index is 0. The SMILES string of the molecule is [Bi].[Bi].[O-2].[O-2].[O-2].[O-2].[O-2].[Pb].[Pb].[V+5].[V+5]. The summed E-state index contributed by atoms with van der Waals surface area (Å²) in [5.41, 5.74) is 0. The number of hydrogen-bond acceptors (Lipinski definition) is 0. The van der Waals surface area contributed by atoms with Gasteiger partial charge >= 0.3 is 37.1 Å². The quantitative estimate of drug-likeness (QED) is 0.245. The predicted molar refractivity (Wildman–Crippen MR) is 26.4 cm³/mol. The average molecular weight is 1010 g/mol. The average Bonchev–Trinajstić information content (AvgIpc) is 0. The molecule has 0 N–H and O–H groups in total. The van der Waals surface area contributed by atoms with Gasteiger partial charge in [0.15, 0.2) is 0 Å². The summed E-state index contributed by atoms with van der Waals surface area (Å²) in [5.74, 6) is 0. The second kappa shape index (κ2) is 128. The van der Waals surface area contributed by atoms with Crippen molar-refractivity contribution in [3.63, 3.8) is 0 Å². The zero-order valence-electron chi connectivity index (χ0n) is 4.83. The van der Waals surface area contributed by atoms with Crippen molar-refractivity contribution >= 4 is 107 Å². The normalized spacial score (nSPS) is 0. The van der Waals surface area contributed by atoms with E-state index < -0.39 is 0 Å². The molecule has 0 atom stereocenters. The van der Waals surface area contributed by atoms with Crippen LogP contribution in [-0.2, 0) is 64.5 Å². The van der Waals surface area contributed by atoms with E-state index >= 15 is 0 Å². The van der Waals surface area contributed by atoms with Crippen molar-refractivity contribution in [1.29, 1.82) is 0 Å². The Morgan fingerprint density at radius 3 is 0.364 bits per heavy atom. The molecule has 0 heterocycles. The molecule has 0 aliphatic heterocycles. The van der Waals surface area contributed by atoms with Crippen LogP contribution in [0.4, 0.5) is 0 Å². The summed E-state index contributed by atoms with van der Waals surface area (Å²) >= 11 is 0. The summed E-state index contributed by atoms with van der Waals surface area (Å²) in [6.07, 6.45) is 0. The van der Waals surface area contributed by atoms with Crippen LogP contribution < -0.4 is 0 Å². The van der Waals surface area contributed by atoms with Gasteiger partial charge in [-0.2, -0.15) is 0 Å². The van der Waals surface area contributed by atoms with E-state index in [1.807, 2.05) is 0 Å². The van der Waals surface area contributed by atoms with Crippen LogP contribution in [0.2, 0.25) is 0 Å². The molecule has 0 saturated heterocycles. The molecule has 11 heavy (non-hydrogen) atoms. The van der Waals surface area contributed by atoms with Crippen molar-refractivity contribution in [2.45, 2.75) is 0 Å². The molecule has 0 bridgehead atoms. The van der Waals surface area contributed by atoms with Crippen LogP contribution in [0.1, 0.15) is 0 Å². The van der Waals surface area contributed by atoms with Gasteiger partial charge in [-0.3, -0.25) is 0 Å². The van der Waals surface area contributed by atoms with Gasteiger partial charge in [-0.1, -0.05) is 0 Å². The van der Waals surface area contributed by atoms with Crippen molar-refractivity contribution in [2.24, 2.45) is 0 Å². The van der Waals surface area contributed by atoms with Crippen LogP contribution in [0.15, 0.2) is 0 Å². The Kier molecular flexibility index (Phi) is 1840. The minimum atomic E-state index is 0. The standard InChI is InChI=1S/2Bi.5O.2Pb.2V/q;;5*-2;;;2*+5. The predicted octanol–water partition coefficient (Wildman–Crippen LogP) is -2.12. The van der Waals surface area contributed by atoms with E-state index in [2.05, 4.69) is 0 Å². The maximum absolute atomic E-state index is 0. The third kappa shape index (κ3) is 110. The van der Waals surface area contributed by atoms with E-state index in [1.54, 1.807) is 0 Å². The summed E-state index contributed by atoms with van der Waals surface area (Å²) in [7, 11) is 0. The Labute approximate surface area is 168 Å². The molecule has 0 amide bonds. The second-order valence-corrected chi connectivity index (χ2v) is 0. The fourth-order valence-corrected chi connectivity index (χ4v) is 0. The molecule has 0 aliphatic rings. The van der Waals surface area contributed by atoms with Crippen molar-refractivity contribution in [1.82, 2.24) is 0 Å². The van der Waals surface area contributed by atoms with Crippen molar-refractivity contribution in [3.8, 4) is 0 Å². The van der Waals surface area contributed by atoms with Gasteiger partial charge in [0, 0.05) is 107 Å². The Morgan fingerprint density at radius 2 is 0.364 bits per heavy atom. The minimum Gasteiger partial charge on any atom is -2.00 e. The first-order valence-electron chi connectivity index (χ1n) is 0. The first-order valence-corrected chi connectivity index (χ1v) is 0. The molecular weight excluding hydrogens is 1010 g/mol. The summed E-state index contributed by atoms with van der Waals surface area (Å²) in [6, 6.07) is 0. The molecule has 0 saturated carbocycles. The first kappa shape index (κ1) is 158. The molecule has 0 spiro atoms. The first-order chi connectivity index (χ1) is 0. The van der Waals surface area contributed by atoms with Crippen molar-refractivity contribution < 1.29 is 64.5 Å². The molecule has 5 nitrogen and oxygen atoms in total. The number of hydrogen-bond donors (Lipinski definition) is 0. The van der Waals surface area contributed by atoms with Crippen LogP contribution >= 0.6 is 0 Å². The van der Waals surface area contributed by atoms with Crippen molar-refractivity contribution in [3.05, 3.63) is 0 Å². The zero-order chi connectivity index (χ0) is 0. The van der Waals surface area contributed by atoms with Crippen LogP contribution in [0, 0.1) is 0 Å². The van der Waals surface area contributed by atoms with Crippen LogP contribution in [0.5, 0.6) is 0 Å². The van der Waals surface area contributed by atoms with Gasteiger partial charge in [-0.05, 0) is 0 Å². The fraction of sp³-hybridized carbons (Fsp3) is 0. The van der Waals surface area contributed by atoms with Crippen LogP contribution in [0.3, 0.4) is 0 Å². The molecule has 0 aromatic rings. The Morgan fingerprint density at radius 1 is 0.364 bits per heavy atom. The summed E-state index contributed by atoms with van der Waals surface area (Å²) in [6.45, 7) is 0. The van der Waals surface area contributed by atoms with Crippen molar-refractivity contribution in [2.75, 3.05) is 0 Å². The summed E-state index contributed by atoms with van der Waals surface area (Å²) in [5, 5.41) is 0. The van der Waals surface area contributed by atoms with Crippen LogP contribution in [0.25, 0.3) is 0 Å². The number of rotatable bonds is 0. The Bertz CT molecular complexity index is 20.4. The monoisotopic (exact) mass is 1020 g/mol. The molecule has 0 aromatic heterocycles. The molecule has 14 radical (unpaired) electrons. The Hall–Kier alpha value is 4.58. The molecular formula is Bi2O5Pb2V2. The van der Waals surface area contributed by atoms with Crippen LogP contribution in [-0.4, -0.2) is 107 Å². The van der Waals surface area contributed by atoms with Gasteiger partial charge in [0.1, 0.15) is 0 Å². The molecule has 11 heteroatoms. The van der Waals surface area contributed by atoms with Gasteiger partial charge in [-0.15, -0.1) is 0 Å². The Balaban J connectivity index is 0. The molecule has 0 rings (SSSR count). The zero-order valence-corrected chi connectivity index (χ0v) is 22.4. The fourth-order valence-electron chi connectivity index (χ4n) is 0. The maximum Gasteiger partial charge on any atom is 5.00 e. The molecule has 0 fully saturated rings. The van der Waals surface area contributed by atoms with E-state index in [0.29, 0.717) is 0 Å². The van der Waals surface area contributed by atoms with Gasteiger partial charge in [0.2, 0.25) is 0 Å². The molecule has 0 aromatic carbocycles. The van der Waals surface area contributed by atoms with Gasteiger partial charge in [0.05, 0.1) is 0 Å². The smallest absolute Gasteiger partial charge is 2.00 e. The van der Waals surface area contributed by atoms with E-state index in [0.717, 1.165) is 0 Å². The molecule has 0 unspecified atom stereocenters. The summed E-state index contributed by atoms with van der Waals surface area (Å²) < 4.78 is 0. The summed E-state index contributed by atoms with van der Waals surface area (Å²) in [4.78, 5) is 0. The van der Waals surface area contributed by atoms with E-state index in [9.17, 15) is 0 Å². The second-order valence-electron chi connectivity index (χ2n) is 0. The van der Waals surface area contributed by atoms with E-state index in [1.165, 1.54) is 0 Å². The minimum absolute atomic E-state index is 0.